The number of likely N-dealkylation sites (N-methyl/N-ethyl adjacent to an activating group) is 1. The molecule has 0 spiro atoms. The zero-order valence-corrected chi connectivity index (χ0v) is 12.2. The summed E-state index contributed by atoms with van der Waals surface area (Å²) in [5, 5.41) is 15.7. The Morgan fingerprint density at radius 3 is 2.80 bits per heavy atom. The van der Waals surface area contributed by atoms with E-state index >= 15 is 0 Å². The summed E-state index contributed by atoms with van der Waals surface area (Å²) < 4.78 is 5.29. The highest BCUT2D eigenvalue weighted by Crippen LogP contribution is 2.38. The van der Waals surface area contributed by atoms with Crippen LogP contribution in [-0.2, 0) is 0 Å². The van der Waals surface area contributed by atoms with E-state index in [0.29, 0.717) is 11.8 Å². The largest absolute Gasteiger partial charge is 0.395 e. The topological polar surface area (TPSA) is 91.5 Å². The van der Waals surface area contributed by atoms with Gasteiger partial charge in [0.1, 0.15) is 6.04 Å². The molecular weight excluding hydrogens is 260 g/mol. The van der Waals surface area contributed by atoms with Crippen molar-refractivity contribution in [3.05, 3.63) is 11.7 Å². The van der Waals surface area contributed by atoms with Crippen LogP contribution in [0.3, 0.4) is 0 Å². The Hall–Kier alpha value is -1.63. The van der Waals surface area contributed by atoms with Crippen LogP contribution in [0, 0.1) is 5.92 Å². The Bertz CT molecular complexity index is 456. The molecule has 0 saturated heterocycles. The Labute approximate surface area is 118 Å². The summed E-state index contributed by atoms with van der Waals surface area (Å²) >= 11 is 0. The maximum Gasteiger partial charge on any atom is 0.317 e. The smallest absolute Gasteiger partial charge is 0.317 e. The number of carbonyl (C=O) groups is 1. The lowest BCUT2D eigenvalue weighted by Crippen LogP contribution is -2.42. The SMILES string of the molecule is CC(C)C(NC(=O)N(C)CCO)c1nc(C2CC2)no1. The Balaban J connectivity index is 2.03. The standard InChI is InChI=1S/C13H22N4O3/c1-8(2)10(14-13(19)17(3)6-7-18)12-15-11(16-20-12)9-4-5-9/h8-10,18H,4-7H2,1-3H3,(H,14,19). The second-order valence-electron chi connectivity index (χ2n) is 5.58. The third kappa shape index (κ3) is 3.47. The van der Waals surface area contributed by atoms with E-state index in [0.717, 1.165) is 18.7 Å². The van der Waals surface area contributed by atoms with Crippen molar-refractivity contribution in [2.75, 3.05) is 20.2 Å². The van der Waals surface area contributed by atoms with Crippen molar-refractivity contribution in [3.8, 4) is 0 Å². The molecule has 7 nitrogen and oxygen atoms in total. The zero-order chi connectivity index (χ0) is 14.7. The number of amides is 2. The lowest BCUT2D eigenvalue weighted by Gasteiger charge is -2.23. The number of carbonyl (C=O) groups excluding carboxylic acids is 1. The molecule has 2 N–H and O–H groups in total. The fourth-order valence-electron chi connectivity index (χ4n) is 1.89. The Morgan fingerprint density at radius 1 is 1.55 bits per heavy atom. The van der Waals surface area contributed by atoms with E-state index in [1.807, 2.05) is 13.8 Å². The summed E-state index contributed by atoms with van der Waals surface area (Å²) in [5.41, 5.74) is 0. The quantitative estimate of drug-likeness (QED) is 0.820. The van der Waals surface area contributed by atoms with Crippen molar-refractivity contribution >= 4 is 6.03 Å². The molecule has 1 aromatic rings. The van der Waals surface area contributed by atoms with Crippen LogP contribution in [0.5, 0.6) is 0 Å². The first-order valence-corrected chi connectivity index (χ1v) is 6.99. The van der Waals surface area contributed by atoms with Crippen LogP contribution in [0.15, 0.2) is 4.52 Å². The Morgan fingerprint density at radius 2 is 2.25 bits per heavy atom. The van der Waals surface area contributed by atoms with Crippen molar-refractivity contribution in [2.45, 2.75) is 38.6 Å². The van der Waals surface area contributed by atoms with Crippen LogP contribution in [-0.4, -0.2) is 46.4 Å². The van der Waals surface area contributed by atoms with E-state index in [-0.39, 0.29) is 31.1 Å². The van der Waals surface area contributed by atoms with Gasteiger partial charge in [0.05, 0.1) is 6.61 Å². The zero-order valence-electron chi connectivity index (χ0n) is 12.2. The van der Waals surface area contributed by atoms with E-state index < -0.39 is 0 Å². The van der Waals surface area contributed by atoms with E-state index in [2.05, 4.69) is 15.5 Å². The van der Waals surface area contributed by atoms with Gasteiger partial charge in [0.2, 0.25) is 5.89 Å². The third-order valence-corrected chi connectivity index (χ3v) is 3.39. The minimum Gasteiger partial charge on any atom is -0.395 e. The van der Waals surface area contributed by atoms with Gasteiger partial charge < -0.3 is 19.8 Å². The summed E-state index contributed by atoms with van der Waals surface area (Å²) in [7, 11) is 1.63. The van der Waals surface area contributed by atoms with Gasteiger partial charge in [-0.2, -0.15) is 4.98 Å². The fourth-order valence-corrected chi connectivity index (χ4v) is 1.89. The number of nitrogens with one attached hydrogen (secondary N) is 1. The van der Waals surface area contributed by atoms with Gasteiger partial charge in [0, 0.05) is 19.5 Å². The van der Waals surface area contributed by atoms with Crippen molar-refractivity contribution in [1.82, 2.24) is 20.4 Å². The summed E-state index contributed by atoms with van der Waals surface area (Å²) in [5.74, 6) is 1.75. The van der Waals surface area contributed by atoms with Crippen LogP contribution in [0.4, 0.5) is 4.79 Å². The molecule has 1 unspecified atom stereocenters. The summed E-state index contributed by atoms with van der Waals surface area (Å²) in [6, 6.07) is -0.576. The summed E-state index contributed by atoms with van der Waals surface area (Å²) in [6.07, 6.45) is 2.22. The molecule has 1 fully saturated rings. The summed E-state index contributed by atoms with van der Waals surface area (Å²) in [6.45, 7) is 4.19. The maximum absolute atomic E-state index is 12.0. The molecule has 2 amide bonds. The maximum atomic E-state index is 12.0. The first kappa shape index (κ1) is 14.8. The van der Waals surface area contributed by atoms with Gasteiger partial charge in [-0.25, -0.2) is 4.79 Å². The molecule has 1 aliphatic carbocycles. The second-order valence-corrected chi connectivity index (χ2v) is 5.58. The second kappa shape index (κ2) is 6.21. The average molecular weight is 282 g/mol. The molecule has 0 aromatic carbocycles. The van der Waals surface area contributed by atoms with E-state index in [1.54, 1.807) is 7.05 Å². The minimum atomic E-state index is -0.316. The average Bonchev–Trinajstić information content (AvgIpc) is 3.14. The number of aliphatic hydroxyl groups excluding tert-OH is 1. The van der Waals surface area contributed by atoms with Crippen LogP contribution in [0.1, 0.15) is 50.4 Å². The number of urea groups is 1. The molecular formula is C13H22N4O3. The van der Waals surface area contributed by atoms with Gasteiger partial charge in [-0.05, 0) is 18.8 Å². The van der Waals surface area contributed by atoms with Gasteiger partial charge in [-0.1, -0.05) is 19.0 Å². The van der Waals surface area contributed by atoms with Crippen LogP contribution in [0.25, 0.3) is 0 Å². The molecule has 0 radical (unpaired) electrons. The van der Waals surface area contributed by atoms with Gasteiger partial charge >= 0.3 is 6.03 Å². The van der Waals surface area contributed by atoms with Crippen molar-refractivity contribution in [2.24, 2.45) is 5.92 Å². The molecule has 0 bridgehead atoms. The molecule has 1 atom stereocenters. The molecule has 1 aliphatic rings. The predicted octanol–water partition coefficient (Wildman–Crippen LogP) is 1.28. The van der Waals surface area contributed by atoms with Crippen molar-refractivity contribution in [1.29, 1.82) is 0 Å². The normalized spacial score (nSPS) is 16.2. The third-order valence-electron chi connectivity index (χ3n) is 3.39. The number of rotatable bonds is 6. The van der Waals surface area contributed by atoms with Crippen molar-refractivity contribution < 1.29 is 14.4 Å². The molecule has 1 heterocycles. The van der Waals surface area contributed by atoms with Crippen molar-refractivity contribution in [3.63, 3.8) is 0 Å². The highest BCUT2D eigenvalue weighted by molar-refractivity contribution is 5.74. The molecule has 0 aliphatic heterocycles. The highest BCUT2D eigenvalue weighted by Gasteiger charge is 2.31. The molecule has 20 heavy (non-hydrogen) atoms. The molecule has 112 valence electrons. The monoisotopic (exact) mass is 282 g/mol. The fraction of sp³-hybridized carbons (Fsp3) is 0.769. The lowest BCUT2D eigenvalue weighted by molar-refractivity contribution is 0.179. The minimum absolute atomic E-state index is 0.0668. The van der Waals surface area contributed by atoms with E-state index in [4.69, 9.17) is 9.63 Å². The number of aliphatic hydroxyl groups is 1. The van der Waals surface area contributed by atoms with Gasteiger partial charge in [-0.15, -0.1) is 0 Å². The van der Waals surface area contributed by atoms with Gasteiger partial charge in [0.15, 0.2) is 5.82 Å². The van der Waals surface area contributed by atoms with Crippen LogP contribution < -0.4 is 5.32 Å². The number of aromatic nitrogens is 2. The van der Waals surface area contributed by atoms with Gasteiger partial charge in [0.25, 0.3) is 0 Å². The predicted molar refractivity (Wildman–Crippen MR) is 72.1 cm³/mol. The molecule has 1 saturated carbocycles. The van der Waals surface area contributed by atoms with E-state index in [9.17, 15) is 4.79 Å². The van der Waals surface area contributed by atoms with Gasteiger partial charge in [-0.3, -0.25) is 0 Å². The number of hydrogen-bond donors (Lipinski definition) is 2. The lowest BCUT2D eigenvalue weighted by atomic mass is 10.0. The number of hydrogen-bond acceptors (Lipinski definition) is 5. The Kier molecular flexibility index (Phi) is 4.59. The first-order valence-electron chi connectivity index (χ1n) is 6.99. The highest BCUT2D eigenvalue weighted by atomic mass is 16.5. The number of nitrogens with zero attached hydrogens (tertiary/aromatic N) is 3. The van der Waals surface area contributed by atoms with Crippen LogP contribution in [0.2, 0.25) is 0 Å². The molecule has 2 rings (SSSR count). The molecule has 1 aromatic heterocycles. The van der Waals surface area contributed by atoms with Crippen LogP contribution >= 0.6 is 0 Å². The van der Waals surface area contributed by atoms with E-state index in [1.165, 1.54) is 4.90 Å². The molecule has 7 heteroatoms. The first-order chi connectivity index (χ1) is 9.52. The summed E-state index contributed by atoms with van der Waals surface area (Å²) in [4.78, 5) is 17.8.